The fraction of sp³-hybridized carbons (Fsp3) is 0.595. The highest BCUT2D eigenvalue weighted by molar-refractivity contribution is 6.31. The first kappa shape index (κ1) is 85.9. The monoisotopic (exact) mass is 1510 g/mol. The maximum absolute atomic E-state index is 15.6. The van der Waals surface area contributed by atoms with E-state index < -0.39 is 197 Å². The molecule has 1 aliphatic carbocycles. The fourth-order valence-corrected chi connectivity index (χ4v) is 13.8. The van der Waals surface area contributed by atoms with Crippen molar-refractivity contribution in [2.75, 3.05) is 76.5 Å². The number of hydrogen-bond donors (Lipinski definition) is 3. The highest BCUT2D eigenvalue weighted by Gasteiger charge is 2.51. The molecule has 584 valence electrons. The van der Waals surface area contributed by atoms with Gasteiger partial charge in [0.05, 0.1) is 23.6 Å². The van der Waals surface area contributed by atoms with Crippen LogP contribution in [-0.2, 0) is 83.0 Å². The largest absolute Gasteiger partial charge is 0.573 e. The highest BCUT2D eigenvalue weighted by atomic mass is 35.5. The molecule has 3 aromatic carbocycles. The lowest BCUT2D eigenvalue weighted by atomic mass is 9.90. The first-order valence-electron chi connectivity index (χ1n) is 35.4. The number of amides is 12. The zero-order valence-electron chi connectivity index (χ0n) is 63.1. The Morgan fingerprint density at radius 3 is 1.80 bits per heavy atom. The topological polar surface area (TPSA) is 279 Å². The van der Waals surface area contributed by atoms with Gasteiger partial charge in [0, 0.05) is 82.8 Å². The summed E-state index contributed by atoms with van der Waals surface area (Å²) >= 11 is 6.15. The van der Waals surface area contributed by atoms with Gasteiger partial charge in [0.25, 0.3) is 0 Å². The Kier molecular flexibility index (Phi) is 29.2. The van der Waals surface area contributed by atoms with E-state index >= 15 is 24.0 Å². The minimum atomic E-state index is -5.18. The van der Waals surface area contributed by atoms with Crippen LogP contribution in [0.5, 0.6) is 5.75 Å². The number of carbonyl (C=O) groups excluding carboxylic acids is 12. The third-order valence-corrected chi connectivity index (χ3v) is 21.4. The maximum Gasteiger partial charge on any atom is 0.573 e. The molecule has 3 N–H and O–H groups in total. The summed E-state index contributed by atoms with van der Waals surface area (Å²) in [7, 11) is 11.8. The third kappa shape index (κ3) is 20.8. The average molecular weight is 1520 g/mol. The van der Waals surface area contributed by atoms with E-state index in [1.807, 2.05) is 6.92 Å². The number of carbonyl (C=O) groups is 12. The molecule has 3 fully saturated rings. The number of rotatable bonds is 13. The Labute approximate surface area is 620 Å². The summed E-state index contributed by atoms with van der Waals surface area (Å²) in [5.41, 5.74) is -1.45. The van der Waals surface area contributed by atoms with Crippen molar-refractivity contribution < 1.29 is 88.6 Å². The van der Waals surface area contributed by atoms with E-state index in [9.17, 15) is 59.9 Å². The molecule has 106 heavy (non-hydrogen) atoms. The van der Waals surface area contributed by atoms with E-state index in [-0.39, 0.29) is 56.2 Å². The van der Waals surface area contributed by atoms with Crippen molar-refractivity contribution in [1.29, 1.82) is 0 Å². The molecule has 0 bridgehead atoms. The number of ether oxygens (including phenoxy) is 1. The number of hydrogen-bond acceptors (Lipinski definition) is 13. The SMILES string of the molecule is CC[C@H](C)[C@@H]1NC(=O)[C@H](C)N(C)C(=O)C[C@@H](C(=O)N(C)C)N(C)C(=O)[C@H]([C@@H](C)CC)N(C)C(=O)C2(CCCC2)NC(=O)[C@H](Cc2cccc(OC(F)(F)F)c2)N(C)C(=O)[C@H](CCc2ccc(C(F)(F)F)c(Cl)c2)NC(=O)CN(C)C(=O)[C@H](Cc2ccc(C)cc2)N(C)C(=O)[C@@H]2CCN2C(=O)[C@H](C)N(C)C1=O. The number of halogens is 7. The second-order valence-corrected chi connectivity index (χ2v) is 29.0. The Bertz CT molecular complexity index is 3730. The average Bonchev–Trinajstić information content (AvgIpc) is 1.79. The quantitative estimate of drug-likeness (QED) is 0.165. The molecule has 11 atom stereocenters. The molecule has 3 aliphatic rings. The Morgan fingerprint density at radius 1 is 0.651 bits per heavy atom. The van der Waals surface area contributed by atoms with Gasteiger partial charge in [0.1, 0.15) is 65.7 Å². The predicted molar refractivity (Wildman–Crippen MR) is 380 cm³/mol. The van der Waals surface area contributed by atoms with Gasteiger partial charge in [0.2, 0.25) is 70.9 Å². The minimum absolute atomic E-state index is 0.0106. The lowest BCUT2D eigenvalue weighted by Crippen LogP contribution is -2.65. The van der Waals surface area contributed by atoms with Crippen LogP contribution >= 0.6 is 11.6 Å². The fourth-order valence-electron chi connectivity index (χ4n) is 13.5. The van der Waals surface area contributed by atoms with Crippen LogP contribution in [0.4, 0.5) is 26.3 Å². The molecule has 1 spiro atoms. The molecular weight excluding hydrogens is 1410 g/mol. The van der Waals surface area contributed by atoms with E-state index in [1.165, 1.54) is 87.3 Å². The van der Waals surface area contributed by atoms with Crippen LogP contribution in [0.2, 0.25) is 5.02 Å². The Hall–Kier alpha value is -9.03. The lowest BCUT2D eigenvalue weighted by Gasteiger charge is -2.45. The van der Waals surface area contributed by atoms with Crippen molar-refractivity contribution in [3.63, 3.8) is 0 Å². The van der Waals surface area contributed by atoms with E-state index in [0.29, 0.717) is 24.8 Å². The first-order chi connectivity index (χ1) is 49.4. The van der Waals surface area contributed by atoms with Gasteiger partial charge in [-0.1, -0.05) is 113 Å². The highest BCUT2D eigenvalue weighted by Crippen LogP contribution is 2.37. The molecule has 2 aliphatic heterocycles. The first-order valence-corrected chi connectivity index (χ1v) is 35.8. The second kappa shape index (κ2) is 36.0. The van der Waals surface area contributed by atoms with Gasteiger partial charge in [0.15, 0.2) is 0 Å². The number of benzene rings is 3. The standard InChI is InChI=1S/C74H101ClF6N12O13/c1-17-43(4)60-69(103)88(12)46(7)64(98)93-35-32-54(93)68(102)90(14)56(38-48-26-24-42(3)25-27-48)67(101)86(10)41-58(94)82-53(31-29-47-28-30-51(52(75)37-47)73(76,77)78)65(99)89(13)55(39-49-22-21-23-50(36-49)106-74(79,80)81)63(97)84-72(33-19-20-34-72)71(105)92(16)61(44(5)18-2)70(104)91(15)57(66(100)85(8)9)40-59(95)87(11)45(6)62(96)83-60/h21-28,30,36-37,43-46,53-57,60-61H,17-20,29,31-35,38-41H2,1-16H3,(H,82,94)(H,83,96)(H,84,97)/t43-,44-,45-,46-,53-,54-,55-,56-,57-,60-,61-/m0/s1. The molecule has 25 nitrogen and oxygen atoms in total. The molecule has 0 radical (unpaired) electrons. The van der Waals surface area contributed by atoms with Crippen molar-refractivity contribution >= 4 is 82.5 Å². The molecule has 3 aromatic rings. The van der Waals surface area contributed by atoms with Gasteiger partial charge in [-0.15, -0.1) is 13.2 Å². The number of nitrogens with one attached hydrogen (secondary N) is 3. The van der Waals surface area contributed by atoms with Crippen LogP contribution in [0.25, 0.3) is 0 Å². The molecular formula is C74H101ClF6N12O13. The molecule has 0 unspecified atom stereocenters. The molecule has 6 rings (SSSR count). The molecule has 32 heteroatoms. The Morgan fingerprint density at radius 2 is 1.25 bits per heavy atom. The second-order valence-electron chi connectivity index (χ2n) is 28.6. The van der Waals surface area contributed by atoms with Gasteiger partial charge in [-0.3, -0.25) is 57.5 Å². The Balaban J connectivity index is 1.51. The minimum Gasteiger partial charge on any atom is -0.406 e. The number of fused-ring (bicyclic) bond motifs is 1. The number of likely N-dealkylation sites (N-methyl/N-ethyl adjacent to an activating group) is 8. The predicted octanol–water partition coefficient (Wildman–Crippen LogP) is 6.03. The van der Waals surface area contributed by atoms with Crippen molar-refractivity contribution in [3.05, 3.63) is 99.6 Å². The number of alkyl halides is 6. The van der Waals surface area contributed by atoms with E-state index in [0.717, 1.165) is 82.1 Å². The lowest BCUT2D eigenvalue weighted by molar-refractivity contribution is -0.274. The summed E-state index contributed by atoms with van der Waals surface area (Å²) in [4.78, 5) is 189. The molecule has 2 saturated heterocycles. The van der Waals surface area contributed by atoms with Crippen molar-refractivity contribution in [2.45, 2.75) is 198 Å². The molecule has 0 aromatic heterocycles. The third-order valence-electron chi connectivity index (χ3n) is 21.1. The van der Waals surface area contributed by atoms with Crippen LogP contribution < -0.4 is 20.7 Å². The van der Waals surface area contributed by atoms with E-state index in [4.69, 9.17) is 11.6 Å². The maximum atomic E-state index is 15.6. The summed E-state index contributed by atoms with van der Waals surface area (Å²) in [5, 5.41) is 7.57. The normalized spacial score (nSPS) is 24.7. The molecule has 1 saturated carbocycles. The van der Waals surface area contributed by atoms with Gasteiger partial charge in [-0.25, -0.2) is 0 Å². The molecule has 2 heterocycles. The zero-order chi connectivity index (χ0) is 79.5. The van der Waals surface area contributed by atoms with Gasteiger partial charge in [-0.2, -0.15) is 13.2 Å². The van der Waals surface area contributed by atoms with Crippen molar-refractivity contribution in [1.82, 2.24) is 60.0 Å². The zero-order valence-corrected chi connectivity index (χ0v) is 63.8. The van der Waals surface area contributed by atoms with Crippen LogP contribution in [-0.4, -0.2) is 258 Å². The van der Waals surface area contributed by atoms with Crippen LogP contribution in [0.1, 0.15) is 127 Å². The summed E-state index contributed by atoms with van der Waals surface area (Å²) < 4.78 is 87.5. The van der Waals surface area contributed by atoms with Gasteiger partial charge in [-0.05, 0) is 106 Å². The summed E-state index contributed by atoms with van der Waals surface area (Å²) in [6, 6.07) is 1.52. The van der Waals surface area contributed by atoms with Gasteiger partial charge < -0.3 is 64.8 Å². The number of nitrogens with zero attached hydrogens (tertiary/aromatic N) is 9. The summed E-state index contributed by atoms with van der Waals surface area (Å²) in [6.45, 7) is 10.8. The molecule has 12 amide bonds. The van der Waals surface area contributed by atoms with Crippen molar-refractivity contribution in [3.8, 4) is 5.75 Å². The van der Waals surface area contributed by atoms with Crippen molar-refractivity contribution in [2.24, 2.45) is 11.8 Å². The van der Waals surface area contributed by atoms with E-state index in [1.54, 1.807) is 52.0 Å². The summed E-state index contributed by atoms with van der Waals surface area (Å²) in [5.74, 6) is -11.8. The van der Waals surface area contributed by atoms with Crippen LogP contribution in [0, 0.1) is 18.8 Å². The number of aryl methyl sites for hydroxylation is 2. The summed E-state index contributed by atoms with van der Waals surface area (Å²) in [6.07, 6.45) is -10.9. The van der Waals surface area contributed by atoms with E-state index in [2.05, 4.69) is 20.7 Å². The van der Waals surface area contributed by atoms with Crippen LogP contribution in [0.3, 0.4) is 0 Å². The van der Waals surface area contributed by atoms with Gasteiger partial charge >= 0.3 is 12.5 Å². The van der Waals surface area contributed by atoms with Crippen LogP contribution in [0.15, 0.2) is 66.7 Å². The smallest absolute Gasteiger partial charge is 0.406 e.